The molecule has 2 nitrogen and oxygen atoms in total. The molecule has 0 aromatic rings. The molecule has 156 valence electrons. The highest BCUT2D eigenvalue weighted by Gasteiger charge is 2.39. The van der Waals surface area contributed by atoms with Crippen LogP contribution in [0.5, 0.6) is 0 Å². The highest BCUT2D eigenvalue weighted by Crippen LogP contribution is 2.47. The lowest BCUT2D eigenvalue weighted by atomic mass is 9.61. The number of hydrogen-bond donors (Lipinski definition) is 2. The van der Waals surface area contributed by atoms with Crippen molar-refractivity contribution in [2.24, 2.45) is 40.6 Å². The quantitative estimate of drug-likeness (QED) is 0.386. The van der Waals surface area contributed by atoms with E-state index >= 15 is 0 Å². The van der Waals surface area contributed by atoms with E-state index in [2.05, 4.69) is 41.5 Å². The van der Waals surface area contributed by atoms with Crippen molar-refractivity contribution in [2.45, 2.75) is 124 Å². The topological polar surface area (TPSA) is 52.0 Å². The van der Waals surface area contributed by atoms with Crippen LogP contribution in [0.3, 0.4) is 0 Å². The molecule has 0 amide bonds. The molecule has 1 fully saturated rings. The van der Waals surface area contributed by atoms with Crippen molar-refractivity contribution in [3.8, 4) is 0 Å². The van der Waals surface area contributed by atoms with Gasteiger partial charge in [0.2, 0.25) is 0 Å². The summed E-state index contributed by atoms with van der Waals surface area (Å²) >= 11 is 0. The van der Waals surface area contributed by atoms with E-state index in [1.807, 2.05) is 0 Å². The molecule has 0 saturated heterocycles. The summed E-state index contributed by atoms with van der Waals surface area (Å²) in [6.45, 7) is 14.2. The van der Waals surface area contributed by atoms with E-state index in [9.17, 15) is 0 Å². The molecule has 1 rings (SSSR count). The summed E-state index contributed by atoms with van der Waals surface area (Å²) in [5.41, 5.74) is 13.0. The van der Waals surface area contributed by atoms with E-state index < -0.39 is 0 Å². The SMILES string of the molecule is CCC(C)(CCCCCCCCC(N)C(C)C)C1CC(C)C(N)C(C)C1. The predicted molar refractivity (Wildman–Crippen MR) is 117 cm³/mol. The third kappa shape index (κ3) is 7.50. The fourth-order valence-corrected chi connectivity index (χ4v) is 5.06. The van der Waals surface area contributed by atoms with Crippen molar-refractivity contribution < 1.29 is 0 Å². The Hall–Kier alpha value is -0.0800. The van der Waals surface area contributed by atoms with E-state index in [0.29, 0.717) is 35.3 Å². The van der Waals surface area contributed by atoms with Gasteiger partial charge in [0.1, 0.15) is 0 Å². The number of unbranched alkanes of at least 4 members (excludes halogenated alkanes) is 5. The minimum atomic E-state index is 0.397. The third-order valence-electron chi connectivity index (χ3n) is 7.81. The summed E-state index contributed by atoms with van der Waals surface area (Å²) in [4.78, 5) is 0. The van der Waals surface area contributed by atoms with Crippen molar-refractivity contribution in [3.63, 3.8) is 0 Å². The molecule has 4 atom stereocenters. The van der Waals surface area contributed by atoms with Gasteiger partial charge in [0, 0.05) is 12.1 Å². The maximum atomic E-state index is 6.38. The van der Waals surface area contributed by atoms with Gasteiger partial charge in [0.25, 0.3) is 0 Å². The van der Waals surface area contributed by atoms with Crippen molar-refractivity contribution >= 4 is 0 Å². The molecular formula is C24H50N2. The summed E-state index contributed by atoms with van der Waals surface area (Å²) in [7, 11) is 0. The minimum Gasteiger partial charge on any atom is -0.327 e. The van der Waals surface area contributed by atoms with Gasteiger partial charge < -0.3 is 11.5 Å². The number of nitrogens with two attached hydrogens (primary N) is 2. The first-order valence-corrected chi connectivity index (χ1v) is 11.7. The first kappa shape index (κ1) is 24.0. The second-order valence-corrected chi connectivity index (χ2v) is 10.3. The lowest BCUT2D eigenvalue weighted by Crippen LogP contribution is -2.44. The Kier molecular flexibility index (Phi) is 10.8. The van der Waals surface area contributed by atoms with Gasteiger partial charge in [-0.2, -0.15) is 0 Å². The summed E-state index contributed by atoms with van der Waals surface area (Å²) in [6.07, 6.45) is 14.9. The van der Waals surface area contributed by atoms with Gasteiger partial charge in [-0.3, -0.25) is 0 Å². The Morgan fingerprint density at radius 2 is 1.42 bits per heavy atom. The molecular weight excluding hydrogens is 316 g/mol. The van der Waals surface area contributed by atoms with Gasteiger partial charge in [-0.1, -0.05) is 86.5 Å². The molecule has 0 spiro atoms. The second kappa shape index (κ2) is 11.7. The number of hydrogen-bond acceptors (Lipinski definition) is 2. The van der Waals surface area contributed by atoms with Crippen LogP contribution in [-0.4, -0.2) is 12.1 Å². The second-order valence-electron chi connectivity index (χ2n) is 10.3. The van der Waals surface area contributed by atoms with Crippen LogP contribution in [0.2, 0.25) is 0 Å². The largest absolute Gasteiger partial charge is 0.327 e. The Bertz CT molecular complexity index is 355. The van der Waals surface area contributed by atoms with Crippen molar-refractivity contribution in [1.82, 2.24) is 0 Å². The molecule has 4 unspecified atom stereocenters. The normalized spacial score (nSPS) is 30.3. The lowest BCUT2D eigenvalue weighted by Gasteiger charge is -2.46. The first-order valence-electron chi connectivity index (χ1n) is 11.7. The molecule has 0 aromatic heterocycles. The summed E-state index contributed by atoms with van der Waals surface area (Å²) < 4.78 is 0. The Balaban J connectivity index is 2.23. The zero-order chi connectivity index (χ0) is 19.7. The van der Waals surface area contributed by atoms with E-state index in [-0.39, 0.29) is 0 Å². The monoisotopic (exact) mass is 366 g/mol. The molecule has 2 heteroatoms. The Morgan fingerprint density at radius 3 is 1.92 bits per heavy atom. The number of rotatable bonds is 12. The van der Waals surface area contributed by atoms with E-state index in [1.54, 1.807) is 0 Å². The van der Waals surface area contributed by atoms with Crippen LogP contribution >= 0.6 is 0 Å². The molecule has 0 radical (unpaired) electrons. The van der Waals surface area contributed by atoms with Gasteiger partial charge in [-0.15, -0.1) is 0 Å². The average Bonchev–Trinajstić information content (AvgIpc) is 2.60. The zero-order valence-corrected chi connectivity index (χ0v) is 18.9. The predicted octanol–water partition coefficient (Wildman–Crippen LogP) is 6.52. The van der Waals surface area contributed by atoms with E-state index in [4.69, 9.17) is 11.5 Å². The van der Waals surface area contributed by atoms with Crippen LogP contribution in [0.1, 0.15) is 112 Å². The fourth-order valence-electron chi connectivity index (χ4n) is 5.06. The molecule has 0 heterocycles. The summed E-state index contributed by atoms with van der Waals surface area (Å²) in [5.74, 6) is 2.87. The van der Waals surface area contributed by atoms with Crippen molar-refractivity contribution in [3.05, 3.63) is 0 Å². The molecule has 1 aliphatic rings. The maximum absolute atomic E-state index is 6.38. The molecule has 1 aliphatic carbocycles. The highest BCUT2D eigenvalue weighted by atomic mass is 14.7. The standard InChI is InChI=1S/C24H50N2/c1-7-24(6,21-16-19(4)23(26)20(5)17-21)15-13-11-9-8-10-12-14-22(25)18(2)3/h18-23H,7-17,25-26H2,1-6H3. The van der Waals surface area contributed by atoms with E-state index in [0.717, 1.165) is 5.92 Å². The molecule has 26 heavy (non-hydrogen) atoms. The molecule has 0 aliphatic heterocycles. The fraction of sp³-hybridized carbons (Fsp3) is 1.00. The molecule has 1 saturated carbocycles. The van der Waals surface area contributed by atoms with Crippen molar-refractivity contribution in [1.29, 1.82) is 0 Å². The zero-order valence-electron chi connectivity index (χ0n) is 18.9. The smallest absolute Gasteiger partial charge is 0.00905 e. The van der Waals surface area contributed by atoms with Crippen LogP contribution in [0.15, 0.2) is 0 Å². The van der Waals surface area contributed by atoms with Gasteiger partial charge >= 0.3 is 0 Å². The van der Waals surface area contributed by atoms with Gasteiger partial charge in [0.15, 0.2) is 0 Å². The Morgan fingerprint density at radius 1 is 0.923 bits per heavy atom. The van der Waals surface area contributed by atoms with Crippen LogP contribution in [-0.2, 0) is 0 Å². The Labute approximate surface area is 165 Å². The lowest BCUT2D eigenvalue weighted by molar-refractivity contribution is 0.0595. The summed E-state index contributed by atoms with van der Waals surface area (Å²) in [6, 6.07) is 0.810. The van der Waals surface area contributed by atoms with E-state index in [1.165, 1.54) is 70.6 Å². The molecule has 0 bridgehead atoms. The maximum Gasteiger partial charge on any atom is 0.00905 e. The van der Waals surface area contributed by atoms with Gasteiger partial charge in [0.05, 0.1) is 0 Å². The molecule has 4 N–H and O–H groups in total. The van der Waals surface area contributed by atoms with Gasteiger partial charge in [-0.05, 0) is 54.8 Å². The first-order chi connectivity index (χ1) is 12.2. The average molecular weight is 367 g/mol. The third-order valence-corrected chi connectivity index (χ3v) is 7.81. The minimum absolute atomic E-state index is 0.397. The van der Waals surface area contributed by atoms with Crippen molar-refractivity contribution in [2.75, 3.05) is 0 Å². The van der Waals surface area contributed by atoms with Gasteiger partial charge in [-0.25, -0.2) is 0 Å². The van der Waals surface area contributed by atoms with Crippen LogP contribution in [0.25, 0.3) is 0 Å². The van der Waals surface area contributed by atoms with Crippen LogP contribution < -0.4 is 11.5 Å². The van der Waals surface area contributed by atoms with Crippen LogP contribution in [0.4, 0.5) is 0 Å². The molecule has 0 aromatic carbocycles. The summed E-state index contributed by atoms with van der Waals surface area (Å²) in [5, 5.41) is 0. The highest BCUT2D eigenvalue weighted by molar-refractivity contribution is 4.92. The van der Waals surface area contributed by atoms with Crippen LogP contribution in [0, 0.1) is 29.1 Å².